The molecule has 0 atom stereocenters. The zero-order valence-corrected chi connectivity index (χ0v) is 15.5. The van der Waals surface area contributed by atoms with Crippen LogP contribution in [0.15, 0.2) is 24.3 Å². The molecule has 0 radical (unpaired) electrons. The number of nitrogens with zero attached hydrogens (tertiary/aromatic N) is 3. The molecular formula is C19H26N4O2. The number of rotatable bonds is 6. The Hall–Kier alpha value is -2.63. The fourth-order valence-electron chi connectivity index (χ4n) is 2.40. The standard InChI is InChI=1S/C19H26N4O2/c1-12(2)10-11-25-15-8-6-14(7-9-15)17-16(18(24)23(4)5)13(3)21-19(20)22-17/h6-9,12H,10-11H2,1-5H3,(H2,20,21,22). The fraction of sp³-hybridized carbons (Fsp3) is 0.421. The molecular weight excluding hydrogens is 316 g/mol. The highest BCUT2D eigenvalue weighted by Crippen LogP contribution is 2.27. The molecule has 0 aliphatic rings. The summed E-state index contributed by atoms with van der Waals surface area (Å²) >= 11 is 0. The van der Waals surface area contributed by atoms with E-state index in [1.807, 2.05) is 24.3 Å². The van der Waals surface area contributed by atoms with Crippen LogP contribution in [0.1, 0.15) is 36.3 Å². The molecule has 0 bridgehead atoms. The predicted octanol–water partition coefficient (Wildman–Crippen LogP) is 3.16. The summed E-state index contributed by atoms with van der Waals surface area (Å²) in [4.78, 5) is 22.5. The molecule has 2 N–H and O–H groups in total. The van der Waals surface area contributed by atoms with Crippen molar-refractivity contribution < 1.29 is 9.53 Å². The number of carbonyl (C=O) groups is 1. The number of anilines is 1. The first-order chi connectivity index (χ1) is 11.8. The average Bonchev–Trinajstić information content (AvgIpc) is 2.54. The van der Waals surface area contributed by atoms with Gasteiger partial charge in [0.2, 0.25) is 5.95 Å². The zero-order valence-electron chi connectivity index (χ0n) is 15.5. The van der Waals surface area contributed by atoms with Crippen LogP contribution in [-0.4, -0.2) is 41.5 Å². The van der Waals surface area contributed by atoms with Gasteiger partial charge in [0.15, 0.2) is 0 Å². The van der Waals surface area contributed by atoms with E-state index in [-0.39, 0.29) is 11.9 Å². The molecule has 25 heavy (non-hydrogen) atoms. The number of aryl methyl sites for hydroxylation is 1. The highest BCUT2D eigenvalue weighted by molar-refractivity contribution is 6.00. The minimum absolute atomic E-state index is 0.148. The van der Waals surface area contributed by atoms with Gasteiger partial charge >= 0.3 is 0 Å². The van der Waals surface area contributed by atoms with E-state index < -0.39 is 0 Å². The second kappa shape index (κ2) is 7.96. The number of benzene rings is 1. The van der Waals surface area contributed by atoms with Gasteiger partial charge in [0.05, 0.1) is 23.6 Å². The Bertz CT molecular complexity index is 740. The number of carbonyl (C=O) groups excluding carboxylic acids is 1. The maximum absolute atomic E-state index is 12.5. The van der Waals surface area contributed by atoms with Gasteiger partial charge in [-0.3, -0.25) is 4.79 Å². The van der Waals surface area contributed by atoms with E-state index in [9.17, 15) is 4.79 Å². The Balaban J connectivity index is 2.33. The Morgan fingerprint density at radius 2 is 1.84 bits per heavy atom. The lowest BCUT2D eigenvalue weighted by molar-refractivity contribution is 0.0827. The highest BCUT2D eigenvalue weighted by Gasteiger charge is 2.20. The van der Waals surface area contributed by atoms with Crippen molar-refractivity contribution in [2.75, 3.05) is 26.4 Å². The van der Waals surface area contributed by atoms with Crippen LogP contribution in [0, 0.1) is 12.8 Å². The van der Waals surface area contributed by atoms with Crippen LogP contribution < -0.4 is 10.5 Å². The number of nitrogen functional groups attached to an aromatic ring is 1. The summed E-state index contributed by atoms with van der Waals surface area (Å²) in [6, 6.07) is 7.54. The van der Waals surface area contributed by atoms with Crippen molar-refractivity contribution in [2.24, 2.45) is 5.92 Å². The van der Waals surface area contributed by atoms with Crippen LogP contribution in [0.5, 0.6) is 5.75 Å². The van der Waals surface area contributed by atoms with E-state index >= 15 is 0 Å². The van der Waals surface area contributed by atoms with Gasteiger partial charge in [-0.05, 0) is 43.5 Å². The lowest BCUT2D eigenvalue weighted by Crippen LogP contribution is -2.24. The molecule has 2 rings (SSSR count). The van der Waals surface area contributed by atoms with Crippen LogP contribution >= 0.6 is 0 Å². The van der Waals surface area contributed by atoms with Crippen molar-refractivity contribution in [3.05, 3.63) is 35.5 Å². The van der Waals surface area contributed by atoms with Crippen molar-refractivity contribution in [1.29, 1.82) is 0 Å². The summed E-state index contributed by atoms with van der Waals surface area (Å²) in [5, 5.41) is 0. The largest absolute Gasteiger partial charge is 0.494 e. The van der Waals surface area contributed by atoms with Crippen molar-refractivity contribution in [3.63, 3.8) is 0 Å². The van der Waals surface area contributed by atoms with Gasteiger partial charge in [-0.1, -0.05) is 13.8 Å². The molecule has 6 heteroatoms. The fourth-order valence-corrected chi connectivity index (χ4v) is 2.40. The summed E-state index contributed by atoms with van der Waals surface area (Å²) in [6.45, 7) is 6.78. The number of ether oxygens (including phenoxy) is 1. The van der Waals surface area contributed by atoms with Crippen LogP contribution in [0.2, 0.25) is 0 Å². The van der Waals surface area contributed by atoms with E-state index in [1.54, 1.807) is 21.0 Å². The van der Waals surface area contributed by atoms with E-state index in [1.165, 1.54) is 4.90 Å². The third-order valence-corrected chi connectivity index (χ3v) is 3.82. The lowest BCUT2D eigenvalue weighted by atomic mass is 10.0. The molecule has 0 aliphatic carbocycles. The summed E-state index contributed by atoms with van der Waals surface area (Å²) in [5.41, 5.74) is 8.17. The van der Waals surface area contributed by atoms with Gasteiger partial charge in [0, 0.05) is 19.7 Å². The molecule has 0 saturated carbocycles. The summed E-state index contributed by atoms with van der Waals surface area (Å²) in [5.74, 6) is 1.40. The maximum Gasteiger partial charge on any atom is 0.257 e. The Labute approximate surface area is 149 Å². The minimum atomic E-state index is -0.148. The Morgan fingerprint density at radius 1 is 1.20 bits per heavy atom. The third-order valence-electron chi connectivity index (χ3n) is 3.82. The molecule has 134 valence electrons. The summed E-state index contributed by atoms with van der Waals surface area (Å²) in [7, 11) is 3.40. The van der Waals surface area contributed by atoms with E-state index in [4.69, 9.17) is 10.5 Å². The number of hydrogen-bond donors (Lipinski definition) is 1. The van der Waals surface area contributed by atoms with Crippen LogP contribution in [0.3, 0.4) is 0 Å². The Kier molecular flexibility index (Phi) is 5.96. The maximum atomic E-state index is 12.5. The first-order valence-electron chi connectivity index (χ1n) is 8.38. The zero-order chi connectivity index (χ0) is 18.6. The van der Waals surface area contributed by atoms with Crippen LogP contribution in [0.25, 0.3) is 11.3 Å². The molecule has 1 amide bonds. The van der Waals surface area contributed by atoms with Crippen molar-refractivity contribution >= 4 is 11.9 Å². The SMILES string of the molecule is Cc1nc(N)nc(-c2ccc(OCCC(C)C)cc2)c1C(=O)N(C)C. The van der Waals surface area contributed by atoms with E-state index in [0.29, 0.717) is 29.5 Å². The first-order valence-corrected chi connectivity index (χ1v) is 8.38. The molecule has 6 nitrogen and oxygen atoms in total. The van der Waals surface area contributed by atoms with Gasteiger partial charge < -0.3 is 15.4 Å². The second-order valence-electron chi connectivity index (χ2n) is 6.65. The van der Waals surface area contributed by atoms with Crippen LogP contribution in [0.4, 0.5) is 5.95 Å². The third kappa shape index (κ3) is 4.68. The summed E-state index contributed by atoms with van der Waals surface area (Å²) in [6.07, 6.45) is 1.00. The molecule has 1 aromatic heterocycles. The minimum Gasteiger partial charge on any atom is -0.494 e. The molecule has 0 spiro atoms. The number of amides is 1. The topological polar surface area (TPSA) is 81.3 Å². The van der Waals surface area contributed by atoms with Gasteiger partial charge in [0.25, 0.3) is 5.91 Å². The smallest absolute Gasteiger partial charge is 0.257 e. The molecule has 2 aromatic rings. The quantitative estimate of drug-likeness (QED) is 0.872. The predicted molar refractivity (Wildman–Crippen MR) is 99.6 cm³/mol. The number of hydrogen-bond acceptors (Lipinski definition) is 5. The molecule has 0 unspecified atom stereocenters. The molecule has 0 saturated heterocycles. The normalized spacial score (nSPS) is 10.8. The van der Waals surface area contributed by atoms with Crippen molar-refractivity contribution in [3.8, 4) is 17.0 Å². The van der Waals surface area contributed by atoms with Crippen LogP contribution in [-0.2, 0) is 0 Å². The average molecular weight is 342 g/mol. The monoisotopic (exact) mass is 342 g/mol. The van der Waals surface area contributed by atoms with Gasteiger partial charge in [-0.15, -0.1) is 0 Å². The first kappa shape index (κ1) is 18.7. The van der Waals surface area contributed by atoms with Crippen molar-refractivity contribution in [1.82, 2.24) is 14.9 Å². The summed E-state index contributed by atoms with van der Waals surface area (Å²) < 4.78 is 5.74. The highest BCUT2D eigenvalue weighted by atomic mass is 16.5. The van der Waals surface area contributed by atoms with Crippen molar-refractivity contribution in [2.45, 2.75) is 27.2 Å². The lowest BCUT2D eigenvalue weighted by Gasteiger charge is -2.16. The number of nitrogens with two attached hydrogens (primary N) is 1. The van der Waals surface area contributed by atoms with E-state index in [2.05, 4.69) is 23.8 Å². The number of aromatic nitrogens is 2. The Morgan fingerprint density at radius 3 is 2.40 bits per heavy atom. The molecule has 1 heterocycles. The van der Waals surface area contributed by atoms with Gasteiger partial charge in [-0.2, -0.15) is 0 Å². The van der Waals surface area contributed by atoms with Gasteiger partial charge in [0.1, 0.15) is 5.75 Å². The van der Waals surface area contributed by atoms with Gasteiger partial charge in [-0.25, -0.2) is 9.97 Å². The molecule has 0 fully saturated rings. The molecule has 1 aromatic carbocycles. The van der Waals surface area contributed by atoms with E-state index in [0.717, 1.165) is 17.7 Å². The second-order valence-corrected chi connectivity index (χ2v) is 6.65. The molecule has 0 aliphatic heterocycles.